The predicted octanol–water partition coefficient (Wildman–Crippen LogP) is 5.16. The molecule has 2 aliphatic rings. The Bertz CT molecular complexity index is 1760. The number of hydrogen-bond acceptors (Lipinski definition) is 8. The molecule has 41 heavy (non-hydrogen) atoms. The lowest BCUT2D eigenvalue weighted by atomic mass is 9.97. The van der Waals surface area contributed by atoms with Crippen LogP contribution in [-0.2, 0) is 17.5 Å². The number of piperidine rings is 1. The summed E-state index contributed by atoms with van der Waals surface area (Å²) in [5.41, 5.74) is 2.25. The summed E-state index contributed by atoms with van der Waals surface area (Å²) in [6.45, 7) is 2.70. The van der Waals surface area contributed by atoms with Gasteiger partial charge in [0.15, 0.2) is 0 Å². The number of alkyl halides is 3. The fourth-order valence-corrected chi connectivity index (χ4v) is 6.12. The van der Waals surface area contributed by atoms with E-state index in [9.17, 15) is 22.8 Å². The fourth-order valence-electron chi connectivity index (χ4n) is 5.31. The first-order valence-electron chi connectivity index (χ1n) is 12.9. The number of nitriles is 1. The minimum Gasteiger partial charge on any atom is -0.447 e. The highest BCUT2D eigenvalue weighted by Gasteiger charge is 2.38. The zero-order chi connectivity index (χ0) is 28.9. The van der Waals surface area contributed by atoms with Gasteiger partial charge in [0.2, 0.25) is 0 Å². The summed E-state index contributed by atoms with van der Waals surface area (Å²) in [5.74, 6) is 0.437. The summed E-state index contributed by atoms with van der Waals surface area (Å²) in [5, 5.41) is 12.9. The largest absolute Gasteiger partial charge is 0.447 e. The molecule has 2 fully saturated rings. The zero-order valence-electron chi connectivity index (χ0n) is 21.7. The van der Waals surface area contributed by atoms with Crippen LogP contribution in [0, 0.1) is 18.3 Å². The molecule has 2 aromatic heterocycles. The van der Waals surface area contributed by atoms with Gasteiger partial charge >= 0.3 is 12.3 Å². The third kappa shape index (κ3) is 5.11. The quantitative estimate of drug-likeness (QED) is 0.347. The van der Waals surface area contributed by atoms with Crippen LogP contribution in [0.3, 0.4) is 0 Å². The third-order valence-corrected chi connectivity index (χ3v) is 8.51. The van der Waals surface area contributed by atoms with Gasteiger partial charge < -0.3 is 15.0 Å². The minimum atomic E-state index is -4.53. The lowest BCUT2D eigenvalue weighted by Gasteiger charge is -2.33. The van der Waals surface area contributed by atoms with Crippen LogP contribution in [0.2, 0.25) is 0 Å². The van der Waals surface area contributed by atoms with E-state index in [0.717, 1.165) is 11.8 Å². The molecule has 0 bridgehead atoms. The summed E-state index contributed by atoms with van der Waals surface area (Å²) >= 11 is 0.527. The number of nitrogens with one attached hydrogen (secondary N) is 1. The van der Waals surface area contributed by atoms with Crippen LogP contribution in [0.5, 0.6) is 0 Å². The molecule has 0 radical (unpaired) electrons. The molecule has 0 unspecified atom stereocenters. The number of aromatic nitrogens is 3. The lowest BCUT2D eigenvalue weighted by molar-refractivity contribution is -0.134. The maximum atomic E-state index is 13.7. The Balaban J connectivity index is 1.42. The number of nitrogens with zero attached hydrogens (tertiary/aromatic N) is 5. The first kappa shape index (κ1) is 26.8. The van der Waals surface area contributed by atoms with Crippen molar-refractivity contribution in [3.63, 3.8) is 0 Å². The number of carbonyl (C=O) groups excluding carboxylic acids is 1. The van der Waals surface area contributed by atoms with Gasteiger partial charge in [-0.2, -0.15) is 18.4 Å². The molecule has 6 rings (SSSR count). The van der Waals surface area contributed by atoms with Gasteiger partial charge in [0.1, 0.15) is 22.3 Å². The molecular weight excluding hydrogens is 557 g/mol. The average Bonchev–Trinajstić information content (AvgIpc) is 3.59. The number of halogens is 3. The summed E-state index contributed by atoms with van der Waals surface area (Å²) < 4.78 is 46.9. The number of aryl methyl sites for hydroxylation is 1. The molecular formula is C28H23F3N6O3S. The number of hydrogen-bond donors (Lipinski definition) is 1. The number of carbonyl (C=O) groups is 1. The minimum absolute atomic E-state index is 0.0942. The molecule has 9 nitrogen and oxygen atoms in total. The van der Waals surface area contributed by atoms with E-state index in [2.05, 4.69) is 21.4 Å². The van der Waals surface area contributed by atoms with Crippen molar-refractivity contribution in [2.24, 2.45) is 0 Å². The summed E-state index contributed by atoms with van der Waals surface area (Å²) in [6, 6.07) is 12.0. The number of ether oxygens (including phenoxy) is 1. The van der Waals surface area contributed by atoms with E-state index in [1.54, 1.807) is 48.2 Å². The van der Waals surface area contributed by atoms with E-state index >= 15 is 0 Å². The second-order valence-electron chi connectivity index (χ2n) is 10.1. The summed E-state index contributed by atoms with van der Waals surface area (Å²) in [7, 11) is 0. The van der Waals surface area contributed by atoms with Crippen LogP contribution in [0.4, 0.5) is 23.7 Å². The van der Waals surface area contributed by atoms with Crippen molar-refractivity contribution in [3.05, 3.63) is 74.8 Å². The van der Waals surface area contributed by atoms with Crippen molar-refractivity contribution in [3.8, 4) is 16.6 Å². The molecule has 1 N–H and O–H groups in total. The van der Waals surface area contributed by atoms with Gasteiger partial charge in [-0.05, 0) is 49.6 Å². The molecule has 2 aromatic carbocycles. The Morgan fingerprint density at radius 2 is 2.00 bits per heavy atom. The third-order valence-electron chi connectivity index (χ3n) is 7.43. The molecule has 0 saturated carbocycles. The van der Waals surface area contributed by atoms with Crippen molar-refractivity contribution in [2.45, 2.75) is 44.6 Å². The van der Waals surface area contributed by atoms with Crippen molar-refractivity contribution in [1.82, 2.24) is 19.4 Å². The first-order valence-corrected chi connectivity index (χ1v) is 13.7. The smallest absolute Gasteiger partial charge is 0.427 e. The van der Waals surface area contributed by atoms with E-state index < -0.39 is 11.1 Å². The molecule has 4 aromatic rings. The zero-order valence-corrected chi connectivity index (χ0v) is 22.6. The van der Waals surface area contributed by atoms with Gasteiger partial charge in [0.05, 0.1) is 41.3 Å². The van der Waals surface area contributed by atoms with Crippen molar-refractivity contribution in [1.29, 1.82) is 5.26 Å². The molecule has 2 aliphatic heterocycles. The molecule has 2 saturated heterocycles. The molecule has 1 amide bonds. The standard InChI is InChI=1S/C28H23F3N6O3S/c1-15-34-23-9-20(25-33-12-24(41-25)28(29,30)31)22(35-18-6-7-36-19(8-18)14-40-27(36)39)10-21(23)26(38)37(15)13-17-4-2-16(11-32)3-5-17/h2-5,9-10,12,18-19,35H,6-8,13-14H2,1H3/t18-,19-/m0/s1. The number of benzene rings is 2. The number of rotatable bonds is 5. The van der Waals surface area contributed by atoms with Crippen molar-refractivity contribution >= 4 is 34.0 Å². The summed E-state index contributed by atoms with van der Waals surface area (Å²) in [6.07, 6.45) is -2.88. The van der Waals surface area contributed by atoms with Crippen LogP contribution >= 0.6 is 11.3 Å². The van der Waals surface area contributed by atoms with E-state index in [1.807, 2.05) is 0 Å². The maximum Gasteiger partial charge on any atom is 0.427 e. The number of cyclic esters (lactones) is 1. The number of fused-ring (bicyclic) bond motifs is 2. The highest BCUT2D eigenvalue weighted by molar-refractivity contribution is 7.15. The van der Waals surface area contributed by atoms with Gasteiger partial charge in [-0.3, -0.25) is 9.36 Å². The SMILES string of the molecule is Cc1nc2cc(-c3ncc(C(F)(F)F)s3)c(N[C@H]3CCN4C(=O)OC[C@@H]4C3)cc2c(=O)n1Cc1ccc(C#N)cc1. The topological polar surface area (TPSA) is 113 Å². The fraction of sp³-hybridized carbons (Fsp3) is 0.321. The van der Waals surface area contributed by atoms with Gasteiger partial charge in [0.25, 0.3) is 5.56 Å². The van der Waals surface area contributed by atoms with Crippen molar-refractivity contribution in [2.75, 3.05) is 18.5 Å². The Labute approximate surface area is 235 Å². The first-order chi connectivity index (χ1) is 19.6. The molecule has 2 atom stereocenters. The summed E-state index contributed by atoms with van der Waals surface area (Å²) in [4.78, 5) is 35.2. The van der Waals surface area contributed by atoms with E-state index in [0.29, 0.717) is 64.3 Å². The Morgan fingerprint density at radius 3 is 2.71 bits per heavy atom. The number of anilines is 1. The van der Waals surface area contributed by atoms with Gasteiger partial charge in [-0.1, -0.05) is 12.1 Å². The van der Waals surface area contributed by atoms with Gasteiger partial charge in [-0.15, -0.1) is 11.3 Å². The van der Waals surface area contributed by atoms with Crippen LogP contribution in [0.25, 0.3) is 21.5 Å². The van der Waals surface area contributed by atoms with Crippen molar-refractivity contribution < 1.29 is 22.7 Å². The van der Waals surface area contributed by atoms with Crippen LogP contribution in [0.15, 0.2) is 47.4 Å². The van der Waals surface area contributed by atoms with E-state index in [4.69, 9.17) is 10.00 Å². The average molecular weight is 581 g/mol. The Morgan fingerprint density at radius 1 is 1.22 bits per heavy atom. The molecule has 13 heteroatoms. The second-order valence-corrected chi connectivity index (χ2v) is 11.1. The van der Waals surface area contributed by atoms with Crippen LogP contribution < -0.4 is 10.9 Å². The monoisotopic (exact) mass is 580 g/mol. The lowest BCUT2D eigenvalue weighted by Crippen LogP contribution is -2.45. The van der Waals surface area contributed by atoms with Gasteiger partial charge in [-0.25, -0.2) is 14.8 Å². The number of thiazole rings is 1. The van der Waals surface area contributed by atoms with Gasteiger partial charge in [0, 0.05) is 23.8 Å². The highest BCUT2D eigenvalue weighted by Crippen LogP contribution is 2.40. The van der Waals surface area contributed by atoms with Crippen LogP contribution in [0.1, 0.15) is 34.7 Å². The highest BCUT2D eigenvalue weighted by atomic mass is 32.1. The van der Waals surface area contributed by atoms with E-state index in [-0.39, 0.29) is 41.9 Å². The predicted molar refractivity (Wildman–Crippen MR) is 146 cm³/mol. The molecule has 210 valence electrons. The maximum absolute atomic E-state index is 13.7. The Kier molecular flexibility index (Phi) is 6.65. The normalized spacial score (nSPS) is 18.7. The van der Waals surface area contributed by atoms with E-state index in [1.165, 1.54) is 4.57 Å². The molecule has 0 spiro atoms. The molecule has 0 aliphatic carbocycles. The second kappa shape index (κ2) is 10.2. The van der Waals surface area contributed by atoms with Crippen LogP contribution in [-0.4, -0.2) is 50.8 Å². The Hall–Kier alpha value is -4.44. The molecule has 4 heterocycles. The number of amides is 1.